The summed E-state index contributed by atoms with van der Waals surface area (Å²) in [4.78, 5) is 32.7. The SMILES string of the molecule is C[C@H](Nc1nc(Cl)cc(N2C(=O)OC[C@@H]2[C@@H](C)OC(C)(C)C)n1)c1ncc(-c2ccccn2)s1. The van der Waals surface area contributed by atoms with Crippen molar-refractivity contribution in [3.63, 3.8) is 0 Å². The van der Waals surface area contributed by atoms with Crippen molar-refractivity contribution in [2.24, 2.45) is 0 Å². The topological polar surface area (TPSA) is 102 Å². The molecule has 1 amide bonds. The molecule has 9 nitrogen and oxygen atoms in total. The average Bonchev–Trinajstić information content (AvgIpc) is 3.40. The number of nitrogens with one attached hydrogen (secondary N) is 1. The number of hydrogen-bond donors (Lipinski definition) is 1. The number of nitrogens with zero attached hydrogens (tertiary/aromatic N) is 5. The molecule has 3 aromatic rings. The van der Waals surface area contributed by atoms with Crippen LogP contribution in [0.2, 0.25) is 5.15 Å². The Morgan fingerprint density at radius 1 is 1.26 bits per heavy atom. The third-order valence-electron chi connectivity index (χ3n) is 5.07. The molecule has 1 aliphatic heterocycles. The van der Waals surface area contributed by atoms with Crippen molar-refractivity contribution in [3.05, 3.63) is 46.8 Å². The minimum Gasteiger partial charge on any atom is -0.447 e. The molecule has 1 aliphatic rings. The van der Waals surface area contributed by atoms with Crippen LogP contribution in [0, 0.1) is 0 Å². The fourth-order valence-corrected chi connectivity index (χ4v) is 4.72. The number of rotatable bonds is 7. The van der Waals surface area contributed by atoms with Crippen LogP contribution in [-0.4, -0.2) is 50.4 Å². The maximum atomic E-state index is 12.6. The van der Waals surface area contributed by atoms with Crippen LogP contribution in [0.5, 0.6) is 0 Å². The molecule has 180 valence electrons. The zero-order valence-corrected chi connectivity index (χ0v) is 21.2. The number of halogens is 1. The number of carbonyl (C=O) groups is 1. The van der Waals surface area contributed by atoms with Crippen LogP contribution >= 0.6 is 22.9 Å². The first-order chi connectivity index (χ1) is 16.1. The Bertz CT molecular complexity index is 1150. The third kappa shape index (κ3) is 5.63. The van der Waals surface area contributed by atoms with E-state index >= 15 is 0 Å². The lowest BCUT2D eigenvalue weighted by molar-refractivity contribution is -0.0618. The van der Waals surface area contributed by atoms with Gasteiger partial charge < -0.3 is 14.8 Å². The molecule has 0 aliphatic carbocycles. The number of aromatic nitrogens is 4. The molecule has 34 heavy (non-hydrogen) atoms. The Morgan fingerprint density at radius 2 is 2.06 bits per heavy atom. The number of cyclic esters (lactones) is 1. The predicted octanol–water partition coefficient (Wildman–Crippen LogP) is 5.35. The number of thiazole rings is 1. The van der Waals surface area contributed by atoms with E-state index < -0.39 is 6.09 Å². The standard InChI is InChI=1S/C23H27ClN6O3S/c1-13(20-26-11-17(34-20)15-8-6-7-9-25-15)27-21-28-18(24)10-19(29-21)30-16(12-32-22(30)31)14(2)33-23(3,4)5/h6-11,13-14,16H,12H2,1-5H3,(H,27,28,29)/t13-,14+,16+/m0/s1. The second-order valence-electron chi connectivity index (χ2n) is 8.97. The maximum Gasteiger partial charge on any atom is 0.416 e. The largest absolute Gasteiger partial charge is 0.447 e. The summed E-state index contributed by atoms with van der Waals surface area (Å²) < 4.78 is 11.4. The first-order valence-electron chi connectivity index (χ1n) is 10.9. The van der Waals surface area contributed by atoms with Gasteiger partial charge in [-0.05, 0) is 46.8 Å². The normalized spacial score (nSPS) is 18.0. The molecule has 0 radical (unpaired) electrons. The zero-order valence-electron chi connectivity index (χ0n) is 19.7. The van der Waals surface area contributed by atoms with Gasteiger partial charge in [-0.3, -0.25) is 9.88 Å². The molecule has 1 saturated heterocycles. The van der Waals surface area contributed by atoms with Crippen LogP contribution in [0.4, 0.5) is 16.6 Å². The number of anilines is 2. The van der Waals surface area contributed by atoms with Gasteiger partial charge >= 0.3 is 6.09 Å². The van der Waals surface area contributed by atoms with Crippen LogP contribution in [0.3, 0.4) is 0 Å². The smallest absolute Gasteiger partial charge is 0.416 e. The van der Waals surface area contributed by atoms with Crippen molar-refractivity contribution in [1.82, 2.24) is 19.9 Å². The van der Waals surface area contributed by atoms with Gasteiger partial charge in [0.05, 0.1) is 28.3 Å². The lowest BCUT2D eigenvalue weighted by Gasteiger charge is -2.31. The van der Waals surface area contributed by atoms with Crippen molar-refractivity contribution >= 4 is 40.8 Å². The van der Waals surface area contributed by atoms with Crippen molar-refractivity contribution in [1.29, 1.82) is 0 Å². The summed E-state index contributed by atoms with van der Waals surface area (Å²) in [7, 11) is 0. The molecule has 4 heterocycles. The Kier molecular flexibility index (Phi) is 7.01. The van der Waals surface area contributed by atoms with Crippen LogP contribution in [-0.2, 0) is 9.47 Å². The first kappa shape index (κ1) is 24.3. The summed E-state index contributed by atoms with van der Waals surface area (Å²) in [5, 5.41) is 4.28. The monoisotopic (exact) mass is 502 g/mol. The molecule has 0 bridgehead atoms. The number of hydrogen-bond acceptors (Lipinski definition) is 9. The number of carbonyl (C=O) groups excluding carboxylic acids is 1. The summed E-state index contributed by atoms with van der Waals surface area (Å²) in [6, 6.07) is 6.76. The van der Waals surface area contributed by atoms with Crippen LogP contribution in [0.25, 0.3) is 10.6 Å². The molecule has 11 heteroatoms. The van der Waals surface area contributed by atoms with Gasteiger partial charge in [0.25, 0.3) is 0 Å². The molecule has 3 aromatic heterocycles. The van der Waals surface area contributed by atoms with E-state index in [1.54, 1.807) is 18.5 Å². The predicted molar refractivity (Wildman–Crippen MR) is 132 cm³/mol. The first-order valence-corrected chi connectivity index (χ1v) is 12.1. The number of pyridine rings is 1. The lowest BCUT2D eigenvalue weighted by atomic mass is 10.1. The Morgan fingerprint density at radius 3 is 2.76 bits per heavy atom. The highest BCUT2D eigenvalue weighted by Gasteiger charge is 2.40. The van der Waals surface area contributed by atoms with Gasteiger partial charge in [-0.15, -0.1) is 11.3 Å². The molecule has 0 unspecified atom stereocenters. The van der Waals surface area contributed by atoms with E-state index in [0.717, 1.165) is 15.6 Å². The quantitative estimate of drug-likeness (QED) is 0.431. The highest BCUT2D eigenvalue weighted by molar-refractivity contribution is 7.15. The van der Waals surface area contributed by atoms with E-state index in [-0.39, 0.29) is 41.5 Å². The Labute approximate surface area is 207 Å². The molecule has 1 N–H and O–H groups in total. The number of amides is 1. The molecule has 0 spiro atoms. The summed E-state index contributed by atoms with van der Waals surface area (Å²) in [5.74, 6) is 0.632. The molecule has 0 saturated carbocycles. The molecule has 4 rings (SSSR count). The van der Waals surface area contributed by atoms with Crippen LogP contribution < -0.4 is 10.2 Å². The van der Waals surface area contributed by atoms with E-state index in [9.17, 15) is 4.79 Å². The van der Waals surface area contributed by atoms with Gasteiger partial charge in [0.2, 0.25) is 5.95 Å². The van der Waals surface area contributed by atoms with Crippen molar-refractivity contribution < 1.29 is 14.3 Å². The molecule has 0 aromatic carbocycles. The van der Waals surface area contributed by atoms with Gasteiger partial charge in [0, 0.05) is 18.5 Å². The molecular weight excluding hydrogens is 476 g/mol. The number of ether oxygens (including phenoxy) is 2. The second kappa shape index (κ2) is 9.81. The minimum atomic E-state index is -0.497. The van der Waals surface area contributed by atoms with E-state index in [1.165, 1.54) is 16.2 Å². The van der Waals surface area contributed by atoms with Gasteiger partial charge in [0.1, 0.15) is 28.6 Å². The highest BCUT2D eigenvalue weighted by Crippen LogP contribution is 2.31. The van der Waals surface area contributed by atoms with Crippen LogP contribution in [0.1, 0.15) is 45.7 Å². The lowest BCUT2D eigenvalue weighted by Crippen LogP contribution is -2.45. The van der Waals surface area contributed by atoms with Crippen molar-refractivity contribution in [2.45, 2.75) is 58.4 Å². The fraction of sp³-hybridized carbons (Fsp3) is 0.435. The van der Waals surface area contributed by atoms with Gasteiger partial charge in [-0.2, -0.15) is 4.98 Å². The summed E-state index contributed by atoms with van der Waals surface area (Å²) in [6.07, 6.45) is 2.77. The maximum absolute atomic E-state index is 12.6. The van der Waals surface area contributed by atoms with E-state index in [0.29, 0.717) is 5.82 Å². The fourth-order valence-electron chi connectivity index (χ4n) is 3.65. The Balaban J connectivity index is 1.54. The molecule has 3 atom stereocenters. The summed E-state index contributed by atoms with van der Waals surface area (Å²) in [5.41, 5.74) is 0.495. The Hall–Kier alpha value is -2.82. The molecule has 1 fully saturated rings. The summed E-state index contributed by atoms with van der Waals surface area (Å²) in [6.45, 7) is 9.97. The van der Waals surface area contributed by atoms with E-state index in [2.05, 4.69) is 25.3 Å². The van der Waals surface area contributed by atoms with E-state index in [4.69, 9.17) is 21.1 Å². The van der Waals surface area contributed by atoms with Crippen molar-refractivity contribution in [2.75, 3.05) is 16.8 Å². The summed E-state index contributed by atoms with van der Waals surface area (Å²) >= 11 is 7.83. The average molecular weight is 503 g/mol. The third-order valence-corrected chi connectivity index (χ3v) is 6.47. The van der Waals surface area contributed by atoms with Gasteiger partial charge in [-0.1, -0.05) is 17.7 Å². The minimum absolute atomic E-state index is 0.196. The van der Waals surface area contributed by atoms with E-state index in [1.807, 2.05) is 52.8 Å². The molecular formula is C23H27ClN6O3S. The van der Waals surface area contributed by atoms with Gasteiger partial charge in [-0.25, -0.2) is 14.8 Å². The van der Waals surface area contributed by atoms with Gasteiger partial charge in [0.15, 0.2) is 0 Å². The van der Waals surface area contributed by atoms with Crippen LogP contribution in [0.15, 0.2) is 36.7 Å². The highest BCUT2D eigenvalue weighted by atomic mass is 35.5. The zero-order chi connectivity index (χ0) is 24.5. The second-order valence-corrected chi connectivity index (χ2v) is 10.4. The van der Waals surface area contributed by atoms with Crippen molar-refractivity contribution in [3.8, 4) is 10.6 Å².